The molecule has 0 bridgehead atoms. The monoisotopic (exact) mass is 376 g/mol. The third-order valence-corrected chi connectivity index (χ3v) is 4.68. The lowest BCUT2D eigenvalue weighted by molar-refractivity contribution is 0.0933. The van der Waals surface area contributed by atoms with Crippen LogP contribution in [0, 0.1) is 6.92 Å². The summed E-state index contributed by atoms with van der Waals surface area (Å²) < 4.78 is 1.75. The number of hydrogen-bond donors (Lipinski definition) is 2. The molecular weight excluding hydrogens is 352 g/mol. The maximum Gasteiger partial charge on any atom is 0.272 e. The fourth-order valence-electron chi connectivity index (χ4n) is 2.99. The van der Waals surface area contributed by atoms with Crippen molar-refractivity contribution in [2.75, 3.05) is 5.32 Å². The number of carbonyl (C=O) groups excluding carboxylic acids is 2. The summed E-state index contributed by atoms with van der Waals surface area (Å²) in [6.07, 6.45) is 4.26. The van der Waals surface area contributed by atoms with Gasteiger partial charge in [0.25, 0.3) is 11.8 Å². The molecule has 0 spiro atoms. The molecule has 0 radical (unpaired) electrons. The van der Waals surface area contributed by atoms with Crippen LogP contribution in [0.15, 0.2) is 60.9 Å². The number of nitrogens with one attached hydrogen (secondary N) is 2. The summed E-state index contributed by atoms with van der Waals surface area (Å²) in [5.74, 6) is -0.417. The van der Waals surface area contributed by atoms with Gasteiger partial charge in [-0.3, -0.25) is 14.6 Å². The Morgan fingerprint density at radius 2 is 1.93 bits per heavy atom. The second-order valence-electron chi connectivity index (χ2n) is 6.68. The van der Waals surface area contributed by atoms with E-state index in [2.05, 4.69) is 15.6 Å². The molecule has 0 saturated carbocycles. The van der Waals surface area contributed by atoms with Gasteiger partial charge in [-0.2, -0.15) is 0 Å². The summed E-state index contributed by atoms with van der Waals surface area (Å²) in [5.41, 5.74) is 3.36. The number of aryl methyl sites for hydroxylation is 2. The Balaban J connectivity index is 1.77. The van der Waals surface area contributed by atoms with Gasteiger partial charge in [-0.25, -0.2) is 0 Å². The van der Waals surface area contributed by atoms with Crippen molar-refractivity contribution in [3.05, 3.63) is 83.4 Å². The first kappa shape index (κ1) is 19.4. The molecular formula is C22H24N4O2. The molecule has 144 valence electrons. The topological polar surface area (TPSA) is 76.0 Å². The first-order chi connectivity index (χ1) is 13.5. The van der Waals surface area contributed by atoms with Crippen molar-refractivity contribution in [2.45, 2.75) is 26.3 Å². The molecule has 6 nitrogen and oxygen atoms in total. The highest BCUT2D eigenvalue weighted by atomic mass is 16.2. The summed E-state index contributed by atoms with van der Waals surface area (Å²) in [5, 5.41) is 5.91. The van der Waals surface area contributed by atoms with Crippen molar-refractivity contribution >= 4 is 17.5 Å². The summed E-state index contributed by atoms with van der Waals surface area (Å²) >= 11 is 0. The van der Waals surface area contributed by atoms with E-state index in [9.17, 15) is 9.59 Å². The van der Waals surface area contributed by atoms with E-state index in [0.29, 0.717) is 16.9 Å². The number of anilines is 1. The summed E-state index contributed by atoms with van der Waals surface area (Å²) in [4.78, 5) is 29.6. The molecule has 1 aromatic carbocycles. The predicted octanol–water partition coefficient (Wildman–Crippen LogP) is 3.86. The first-order valence-corrected chi connectivity index (χ1v) is 9.24. The summed E-state index contributed by atoms with van der Waals surface area (Å²) in [6, 6.07) is 14.3. The summed E-state index contributed by atoms with van der Waals surface area (Å²) in [7, 11) is 1.81. The molecule has 0 aliphatic carbocycles. The third-order valence-electron chi connectivity index (χ3n) is 4.68. The zero-order valence-electron chi connectivity index (χ0n) is 16.3. The molecule has 1 atom stereocenters. The zero-order chi connectivity index (χ0) is 20.1. The van der Waals surface area contributed by atoms with Gasteiger partial charge in [0, 0.05) is 30.7 Å². The first-order valence-electron chi connectivity index (χ1n) is 9.24. The maximum atomic E-state index is 12.8. The molecule has 2 aromatic heterocycles. The molecule has 2 N–H and O–H groups in total. The van der Waals surface area contributed by atoms with E-state index in [4.69, 9.17) is 0 Å². The van der Waals surface area contributed by atoms with E-state index in [1.54, 1.807) is 29.0 Å². The van der Waals surface area contributed by atoms with Crippen molar-refractivity contribution in [3.63, 3.8) is 0 Å². The minimum atomic E-state index is -0.215. The van der Waals surface area contributed by atoms with Crippen LogP contribution >= 0.6 is 0 Å². The number of nitrogens with zero attached hydrogens (tertiary/aromatic N) is 2. The van der Waals surface area contributed by atoms with Gasteiger partial charge >= 0.3 is 0 Å². The highest BCUT2D eigenvalue weighted by Crippen LogP contribution is 2.20. The minimum absolute atomic E-state index is 0.170. The quantitative estimate of drug-likeness (QED) is 0.686. The lowest BCUT2D eigenvalue weighted by atomic mass is 10.1. The largest absolute Gasteiger partial charge is 0.347 e. The second kappa shape index (κ2) is 8.52. The van der Waals surface area contributed by atoms with Crippen LogP contribution in [-0.4, -0.2) is 21.4 Å². The van der Waals surface area contributed by atoms with Gasteiger partial charge in [-0.1, -0.05) is 19.1 Å². The molecule has 0 fully saturated rings. The lowest BCUT2D eigenvalue weighted by Crippen LogP contribution is -2.29. The van der Waals surface area contributed by atoms with Crippen molar-refractivity contribution in [1.82, 2.24) is 14.9 Å². The van der Waals surface area contributed by atoms with Crippen LogP contribution < -0.4 is 10.6 Å². The second-order valence-corrected chi connectivity index (χ2v) is 6.68. The molecule has 1 unspecified atom stereocenters. The number of aromatic nitrogens is 2. The van der Waals surface area contributed by atoms with Crippen LogP contribution in [0.2, 0.25) is 0 Å². The molecule has 28 heavy (non-hydrogen) atoms. The molecule has 3 aromatic rings. The molecule has 2 amide bonds. The van der Waals surface area contributed by atoms with E-state index in [0.717, 1.165) is 17.7 Å². The van der Waals surface area contributed by atoms with Gasteiger partial charge in [-0.15, -0.1) is 0 Å². The Kier molecular flexibility index (Phi) is 5.89. The van der Waals surface area contributed by atoms with Crippen molar-refractivity contribution in [1.29, 1.82) is 0 Å². The van der Waals surface area contributed by atoms with Gasteiger partial charge in [0.05, 0.1) is 11.7 Å². The van der Waals surface area contributed by atoms with Crippen LogP contribution in [0.3, 0.4) is 0 Å². The van der Waals surface area contributed by atoms with E-state index in [1.165, 1.54) is 0 Å². The summed E-state index contributed by atoms with van der Waals surface area (Å²) in [6.45, 7) is 3.89. The van der Waals surface area contributed by atoms with Gasteiger partial charge in [-0.05, 0) is 55.3 Å². The normalized spacial score (nSPS) is 11.7. The van der Waals surface area contributed by atoms with Crippen LogP contribution in [-0.2, 0) is 7.05 Å². The number of benzene rings is 1. The fourth-order valence-corrected chi connectivity index (χ4v) is 2.99. The van der Waals surface area contributed by atoms with Crippen LogP contribution in [0.1, 0.15) is 51.5 Å². The Bertz CT molecular complexity index is 979. The standard InChI is InChI=1S/C22H24N4O2/c1-4-17(18-8-5-6-12-23-18)24-21(27)16-11-10-15(2)19(14-16)25-22(28)20-9-7-13-26(20)3/h5-14,17H,4H2,1-3H3,(H,24,27)(H,25,28). The minimum Gasteiger partial charge on any atom is -0.347 e. The van der Waals surface area contributed by atoms with Crippen LogP contribution in [0.4, 0.5) is 5.69 Å². The molecule has 3 rings (SSSR count). The average Bonchev–Trinajstić information content (AvgIpc) is 3.14. The molecule has 6 heteroatoms. The lowest BCUT2D eigenvalue weighted by Gasteiger charge is -2.17. The zero-order valence-corrected chi connectivity index (χ0v) is 16.3. The van der Waals surface area contributed by atoms with E-state index in [-0.39, 0.29) is 17.9 Å². The molecule has 0 aliphatic heterocycles. The third kappa shape index (κ3) is 4.28. The molecule has 2 heterocycles. The Morgan fingerprint density at radius 1 is 1.11 bits per heavy atom. The predicted molar refractivity (Wildman–Crippen MR) is 109 cm³/mol. The van der Waals surface area contributed by atoms with Crippen molar-refractivity contribution in [2.24, 2.45) is 7.05 Å². The Labute approximate surface area is 164 Å². The van der Waals surface area contributed by atoms with Gasteiger partial charge in [0.1, 0.15) is 5.69 Å². The molecule has 0 aliphatic rings. The van der Waals surface area contributed by atoms with E-state index >= 15 is 0 Å². The van der Waals surface area contributed by atoms with Crippen molar-refractivity contribution in [3.8, 4) is 0 Å². The SMILES string of the molecule is CCC(NC(=O)c1ccc(C)c(NC(=O)c2cccn2C)c1)c1ccccn1. The number of rotatable bonds is 6. The van der Waals surface area contributed by atoms with Gasteiger partial charge in [0.15, 0.2) is 0 Å². The van der Waals surface area contributed by atoms with E-state index < -0.39 is 0 Å². The van der Waals surface area contributed by atoms with Gasteiger partial charge in [0.2, 0.25) is 0 Å². The number of pyridine rings is 1. The number of amides is 2. The Morgan fingerprint density at radius 3 is 2.57 bits per heavy atom. The number of hydrogen-bond acceptors (Lipinski definition) is 3. The highest BCUT2D eigenvalue weighted by molar-refractivity contribution is 6.04. The Hall–Kier alpha value is -3.41. The molecule has 0 saturated heterocycles. The van der Waals surface area contributed by atoms with Crippen molar-refractivity contribution < 1.29 is 9.59 Å². The number of carbonyl (C=O) groups is 2. The average molecular weight is 376 g/mol. The highest BCUT2D eigenvalue weighted by Gasteiger charge is 2.17. The van der Waals surface area contributed by atoms with E-state index in [1.807, 2.05) is 57.4 Å². The fraction of sp³-hybridized carbons (Fsp3) is 0.227. The van der Waals surface area contributed by atoms with Gasteiger partial charge < -0.3 is 15.2 Å². The van der Waals surface area contributed by atoms with Crippen LogP contribution in [0.5, 0.6) is 0 Å². The van der Waals surface area contributed by atoms with Crippen LogP contribution in [0.25, 0.3) is 0 Å². The smallest absolute Gasteiger partial charge is 0.272 e. The maximum absolute atomic E-state index is 12.8.